The van der Waals surface area contributed by atoms with E-state index in [4.69, 9.17) is 11.6 Å². The Morgan fingerprint density at radius 3 is 2.56 bits per heavy atom. The van der Waals surface area contributed by atoms with Crippen molar-refractivity contribution in [3.05, 3.63) is 69.7 Å². The monoisotopic (exact) mass is 256 g/mol. The summed E-state index contributed by atoms with van der Waals surface area (Å²) in [5.74, 6) is 0.378. The molecule has 0 aromatic heterocycles. The third-order valence-corrected chi connectivity index (χ3v) is 3.80. The first-order chi connectivity index (χ1) is 8.65. The molecule has 1 aliphatic rings. The predicted molar refractivity (Wildman–Crippen MR) is 73.4 cm³/mol. The molecule has 0 saturated carbocycles. The first-order valence-electron chi connectivity index (χ1n) is 6.04. The zero-order chi connectivity index (χ0) is 12.7. The van der Waals surface area contributed by atoms with E-state index in [1.807, 2.05) is 12.1 Å². The van der Waals surface area contributed by atoms with Gasteiger partial charge >= 0.3 is 0 Å². The van der Waals surface area contributed by atoms with Crippen LogP contribution in [0.3, 0.4) is 0 Å². The second kappa shape index (κ2) is 4.25. The van der Waals surface area contributed by atoms with Gasteiger partial charge in [-0.05, 0) is 30.2 Å². The third-order valence-electron chi connectivity index (χ3n) is 3.56. The van der Waals surface area contributed by atoms with Crippen LogP contribution in [0.15, 0.2) is 42.5 Å². The number of hydrogen-bond donors (Lipinski definition) is 0. The van der Waals surface area contributed by atoms with E-state index in [-0.39, 0.29) is 11.7 Å². The maximum atomic E-state index is 12.0. The van der Waals surface area contributed by atoms with E-state index in [1.54, 1.807) is 6.07 Å². The highest BCUT2D eigenvalue weighted by Crippen LogP contribution is 2.39. The van der Waals surface area contributed by atoms with Crippen LogP contribution in [0.1, 0.15) is 39.4 Å². The van der Waals surface area contributed by atoms with Gasteiger partial charge in [-0.15, -0.1) is 0 Å². The lowest BCUT2D eigenvalue weighted by Crippen LogP contribution is -1.96. The van der Waals surface area contributed by atoms with Gasteiger partial charge in [-0.2, -0.15) is 0 Å². The van der Waals surface area contributed by atoms with Crippen molar-refractivity contribution in [3.63, 3.8) is 0 Å². The number of benzene rings is 2. The van der Waals surface area contributed by atoms with Gasteiger partial charge in [0.1, 0.15) is 0 Å². The standard InChI is InChI=1S/C16H13ClO/c1-10-2-4-11(5-3-10)14-9-16(18)15-8-12(17)6-7-13(14)15/h2-8,14H,9H2,1H3. The minimum absolute atomic E-state index is 0.186. The van der Waals surface area contributed by atoms with Crippen LogP contribution in [-0.4, -0.2) is 5.78 Å². The molecule has 2 aromatic carbocycles. The van der Waals surface area contributed by atoms with Gasteiger partial charge in [0.15, 0.2) is 5.78 Å². The minimum Gasteiger partial charge on any atom is -0.294 e. The van der Waals surface area contributed by atoms with Crippen LogP contribution in [0, 0.1) is 6.92 Å². The maximum absolute atomic E-state index is 12.0. The highest BCUT2D eigenvalue weighted by molar-refractivity contribution is 6.31. The van der Waals surface area contributed by atoms with Crippen molar-refractivity contribution < 1.29 is 4.79 Å². The average Bonchev–Trinajstić information content (AvgIpc) is 2.68. The molecular formula is C16H13ClO. The molecule has 0 aliphatic heterocycles. The van der Waals surface area contributed by atoms with Gasteiger partial charge in [0.25, 0.3) is 0 Å². The lowest BCUT2D eigenvalue weighted by Gasteiger charge is -2.11. The summed E-state index contributed by atoms with van der Waals surface area (Å²) >= 11 is 5.95. The number of halogens is 1. The Hall–Kier alpha value is -1.60. The Labute approximate surface area is 111 Å². The Morgan fingerprint density at radius 2 is 1.83 bits per heavy atom. The molecule has 0 radical (unpaired) electrons. The Bertz CT molecular complexity index is 613. The Balaban J connectivity index is 2.07. The first-order valence-corrected chi connectivity index (χ1v) is 6.42. The van der Waals surface area contributed by atoms with E-state index in [1.165, 1.54) is 11.1 Å². The second-order valence-corrected chi connectivity index (χ2v) is 5.26. The van der Waals surface area contributed by atoms with Crippen LogP contribution in [0.25, 0.3) is 0 Å². The smallest absolute Gasteiger partial charge is 0.164 e. The van der Waals surface area contributed by atoms with E-state index in [9.17, 15) is 4.79 Å². The maximum Gasteiger partial charge on any atom is 0.164 e. The molecule has 0 amide bonds. The van der Waals surface area contributed by atoms with Crippen LogP contribution in [0.5, 0.6) is 0 Å². The largest absolute Gasteiger partial charge is 0.294 e. The minimum atomic E-state index is 0.186. The molecule has 2 heteroatoms. The van der Waals surface area contributed by atoms with Gasteiger partial charge in [-0.1, -0.05) is 47.5 Å². The molecule has 0 fully saturated rings. The number of carbonyl (C=O) groups excluding carboxylic acids is 1. The molecule has 0 heterocycles. The number of hydrogen-bond acceptors (Lipinski definition) is 1. The number of carbonyl (C=O) groups is 1. The van der Waals surface area contributed by atoms with E-state index in [0.717, 1.165) is 11.1 Å². The second-order valence-electron chi connectivity index (χ2n) is 4.82. The lowest BCUT2D eigenvalue weighted by molar-refractivity contribution is 0.0991. The van der Waals surface area contributed by atoms with Crippen molar-refractivity contribution in [3.8, 4) is 0 Å². The fourth-order valence-electron chi connectivity index (χ4n) is 2.58. The summed E-state index contributed by atoms with van der Waals surface area (Å²) in [5, 5.41) is 0.631. The summed E-state index contributed by atoms with van der Waals surface area (Å²) in [5.41, 5.74) is 4.33. The molecule has 1 nitrogen and oxygen atoms in total. The number of fused-ring (bicyclic) bond motifs is 1. The number of ketones is 1. The van der Waals surface area contributed by atoms with Crippen LogP contribution >= 0.6 is 11.6 Å². The zero-order valence-corrected chi connectivity index (χ0v) is 10.9. The summed E-state index contributed by atoms with van der Waals surface area (Å²) in [7, 11) is 0. The Morgan fingerprint density at radius 1 is 1.11 bits per heavy atom. The number of rotatable bonds is 1. The van der Waals surface area contributed by atoms with Crippen molar-refractivity contribution in [2.45, 2.75) is 19.3 Å². The lowest BCUT2D eigenvalue weighted by atomic mass is 9.92. The molecule has 1 unspecified atom stereocenters. The fraction of sp³-hybridized carbons (Fsp3) is 0.188. The summed E-state index contributed by atoms with van der Waals surface area (Å²) in [6.07, 6.45) is 0.554. The summed E-state index contributed by atoms with van der Waals surface area (Å²) < 4.78 is 0. The highest BCUT2D eigenvalue weighted by atomic mass is 35.5. The van der Waals surface area contributed by atoms with Crippen LogP contribution in [0.4, 0.5) is 0 Å². The van der Waals surface area contributed by atoms with E-state index >= 15 is 0 Å². The first kappa shape index (κ1) is 11.5. The molecule has 0 saturated heterocycles. The van der Waals surface area contributed by atoms with Crippen molar-refractivity contribution in [2.75, 3.05) is 0 Å². The molecular weight excluding hydrogens is 244 g/mol. The van der Waals surface area contributed by atoms with E-state index in [0.29, 0.717) is 11.4 Å². The molecule has 2 aromatic rings. The van der Waals surface area contributed by atoms with Crippen molar-refractivity contribution >= 4 is 17.4 Å². The summed E-state index contributed by atoms with van der Waals surface area (Å²) in [6.45, 7) is 2.07. The molecule has 0 N–H and O–H groups in total. The average molecular weight is 257 g/mol. The predicted octanol–water partition coefficient (Wildman–Crippen LogP) is 4.37. The summed E-state index contributed by atoms with van der Waals surface area (Å²) in [4.78, 5) is 12.0. The van der Waals surface area contributed by atoms with Gasteiger partial charge in [0.05, 0.1) is 0 Å². The molecule has 1 aliphatic carbocycles. The van der Waals surface area contributed by atoms with Gasteiger partial charge in [-0.25, -0.2) is 0 Å². The van der Waals surface area contributed by atoms with Crippen molar-refractivity contribution in [1.29, 1.82) is 0 Å². The van der Waals surface area contributed by atoms with Crippen LogP contribution in [-0.2, 0) is 0 Å². The SMILES string of the molecule is Cc1ccc(C2CC(=O)c3cc(Cl)ccc32)cc1. The van der Waals surface area contributed by atoms with E-state index in [2.05, 4.69) is 31.2 Å². The van der Waals surface area contributed by atoms with Crippen LogP contribution in [0.2, 0.25) is 5.02 Å². The molecule has 3 rings (SSSR count). The normalized spacial score (nSPS) is 17.9. The van der Waals surface area contributed by atoms with Gasteiger partial charge in [0, 0.05) is 22.9 Å². The van der Waals surface area contributed by atoms with Gasteiger partial charge < -0.3 is 0 Å². The Kier molecular flexibility index (Phi) is 2.71. The molecule has 90 valence electrons. The van der Waals surface area contributed by atoms with Gasteiger partial charge in [0.2, 0.25) is 0 Å². The van der Waals surface area contributed by atoms with Crippen molar-refractivity contribution in [1.82, 2.24) is 0 Å². The topological polar surface area (TPSA) is 17.1 Å². The number of Topliss-reactive ketones (excluding diaryl/α,β-unsaturated/α-hetero) is 1. The highest BCUT2D eigenvalue weighted by Gasteiger charge is 2.30. The fourth-order valence-corrected chi connectivity index (χ4v) is 2.75. The third kappa shape index (κ3) is 1.85. The molecule has 0 bridgehead atoms. The molecule has 1 atom stereocenters. The summed E-state index contributed by atoms with van der Waals surface area (Å²) in [6, 6.07) is 14.0. The zero-order valence-electron chi connectivity index (χ0n) is 10.1. The molecule has 0 spiro atoms. The van der Waals surface area contributed by atoms with Crippen molar-refractivity contribution in [2.24, 2.45) is 0 Å². The van der Waals surface area contributed by atoms with E-state index < -0.39 is 0 Å². The van der Waals surface area contributed by atoms with Gasteiger partial charge in [-0.3, -0.25) is 4.79 Å². The quantitative estimate of drug-likeness (QED) is 0.741. The number of aryl methyl sites for hydroxylation is 1. The molecule has 18 heavy (non-hydrogen) atoms. The van der Waals surface area contributed by atoms with Crippen LogP contribution < -0.4 is 0 Å².